The number of anilines is 1. The first-order valence-electron chi connectivity index (χ1n) is 6.12. The molecule has 1 spiro atoms. The Balaban J connectivity index is 1.77. The van der Waals surface area contributed by atoms with Crippen molar-refractivity contribution in [3.8, 4) is 0 Å². The number of benzene rings is 1. The molecule has 3 rings (SSSR count). The third kappa shape index (κ3) is 2.36. The topological polar surface area (TPSA) is 24.4 Å². The Morgan fingerprint density at radius 3 is 2.83 bits per heavy atom. The first-order chi connectivity index (χ1) is 8.67. The van der Waals surface area contributed by atoms with Crippen molar-refractivity contribution in [3.05, 3.63) is 29.0 Å². The molecule has 0 aromatic heterocycles. The van der Waals surface area contributed by atoms with Crippen LogP contribution < -0.4 is 5.32 Å². The van der Waals surface area contributed by atoms with E-state index in [2.05, 4.69) is 5.32 Å². The normalized spacial score (nSPS) is 21.3. The van der Waals surface area contributed by atoms with E-state index in [0.717, 1.165) is 16.6 Å². The molecule has 0 unspecified atom stereocenters. The largest absolute Gasteiger partial charge is 0.334 e. The van der Waals surface area contributed by atoms with E-state index in [4.69, 9.17) is 16.6 Å². The van der Waals surface area contributed by atoms with E-state index >= 15 is 0 Å². The van der Waals surface area contributed by atoms with Crippen molar-refractivity contribution >= 4 is 34.2 Å². The van der Waals surface area contributed by atoms with E-state index in [-0.39, 0.29) is 11.4 Å². The molecule has 1 aliphatic heterocycles. The van der Waals surface area contributed by atoms with Crippen LogP contribution in [0.4, 0.5) is 10.1 Å². The fourth-order valence-corrected chi connectivity index (χ4v) is 3.96. The van der Waals surface area contributed by atoms with Crippen molar-refractivity contribution in [2.45, 2.75) is 31.2 Å². The van der Waals surface area contributed by atoms with E-state index in [9.17, 15) is 4.39 Å². The highest BCUT2D eigenvalue weighted by atomic mass is 35.5. The molecule has 1 fully saturated rings. The highest BCUT2D eigenvalue weighted by Gasteiger charge is 2.38. The molecule has 0 atom stereocenters. The second kappa shape index (κ2) is 4.74. The van der Waals surface area contributed by atoms with Gasteiger partial charge in [-0.1, -0.05) is 36.2 Å². The zero-order valence-corrected chi connectivity index (χ0v) is 11.5. The van der Waals surface area contributed by atoms with Crippen molar-refractivity contribution in [2.75, 3.05) is 11.1 Å². The van der Waals surface area contributed by atoms with Crippen LogP contribution in [-0.2, 0) is 0 Å². The molecule has 1 aliphatic carbocycles. The van der Waals surface area contributed by atoms with Crippen LogP contribution in [0.3, 0.4) is 0 Å². The van der Waals surface area contributed by atoms with Gasteiger partial charge >= 0.3 is 0 Å². The molecule has 18 heavy (non-hydrogen) atoms. The maximum absolute atomic E-state index is 13.0. The maximum Gasteiger partial charge on any atom is 0.161 e. The summed E-state index contributed by atoms with van der Waals surface area (Å²) in [4.78, 5) is 4.79. The first-order valence-corrected chi connectivity index (χ1v) is 7.48. The Hall–Kier alpha value is -0.740. The fourth-order valence-electron chi connectivity index (χ4n) is 2.54. The van der Waals surface area contributed by atoms with Crippen LogP contribution in [0.2, 0.25) is 5.02 Å². The van der Waals surface area contributed by atoms with Gasteiger partial charge in [0.25, 0.3) is 0 Å². The van der Waals surface area contributed by atoms with Crippen LogP contribution in [0.5, 0.6) is 0 Å². The van der Waals surface area contributed by atoms with Gasteiger partial charge in [0.05, 0.1) is 16.2 Å². The third-order valence-electron chi connectivity index (χ3n) is 3.52. The zero-order valence-electron chi connectivity index (χ0n) is 9.88. The Kier molecular flexibility index (Phi) is 3.24. The van der Waals surface area contributed by atoms with Gasteiger partial charge < -0.3 is 5.32 Å². The van der Waals surface area contributed by atoms with Gasteiger partial charge in [-0.3, -0.25) is 4.99 Å². The molecule has 2 nitrogen and oxygen atoms in total. The van der Waals surface area contributed by atoms with E-state index in [1.54, 1.807) is 17.8 Å². The Morgan fingerprint density at radius 1 is 1.33 bits per heavy atom. The monoisotopic (exact) mass is 284 g/mol. The lowest BCUT2D eigenvalue weighted by molar-refractivity contribution is 0.508. The second-order valence-corrected chi connectivity index (χ2v) is 6.26. The number of hydrogen-bond acceptors (Lipinski definition) is 3. The summed E-state index contributed by atoms with van der Waals surface area (Å²) in [6, 6.07) is 4.37. The number of amidine groups is 1. The number of nitrogens with one attached hydrogen (secondary N) is 1. The minimum absolute atomic E-state index is 0.152. The molecule has 1 N–H and O–H groups in total. The molecule has 0 bridgehead atoms. The van der Waals surface area contributed by atoms with Crippen LogP contribution in [0.15, 0.2) is 23.2 Å². The van der Waals surface area contributed by atoms with Crippen molar-refractivity contribution in [1.29, 1.82) is 0 Å². The summed E-state index contributed by atoms with van der Waals surface area (Å²) in [6.07, 6.45) is 4.91. The molecule has 2 aliphatic rings. The summed E-state index contributed by atoms with van der Waals surface area (Å²) >= 11 is 7.73. The molecule has 0 amide bonds. The lowest BCUT2D eigenvalue weighted by Crippen LogP contribution is -2.21. The number of rotatable bonds is 1. The Morgan fingerprint density at radius 2 is 2.11 bits per heavy atom. The minimum atomic E-state index is -0.321. The molecular weight excluding hydrogens is 271 g/mol. The van der Waals surface area contributed by atoms with Gasteiger partial charge in [-0.05, 0) is 31.0 Å². The fraction of sp³-hybridized carbons (Fsp3) is 0.462. The van der Waals surface area contributed by atoms with Gasteiger partial charge in [0, 0.05) is 5.75 Å². The molecule has 1 heterocycles. The molecule has 1 saturated carbocycles. The van der Waals surface area contributed by atoms with Crippen LogP contribution in [0, 0.1) is 5.82 Å². The lowest BCUT2D eigenvalue weighted by atomic mass is 10.0. The van der Waals surface area contributed by atoms with Crippen LogP contribution in [-0.4, -0.2) is 16.5 Å². The van der Waals surface area contributed by atoms with Gasteiger partial charge in [0.15, 0.2) is 5.17 Å². The average Bonchev–Trinajstić information content (AvgIpc) is 2.94. The van der Waals surface area contributed by atoms with Gasteiger partial charge in [-0.15, -0.1) is 0 Å². The summed E-state index contributed by atoms with van der Waals surface area (Å²) in [6.45, 7) is 0. The van der Waals surface area contributed by atoms with Gasteiger partial charge in [-0.25, -0.2) is 4.39 Å². The number of thioether (sulfide) groups is 1. The van der Waals surface area contributed by atoms with Crippen molar-refractivity contribution in [1.82, 2.24) is 0 Å². The maximum atomic E-state index is 13.0. The molecule has 5 heteroatoms. The van der Waals surface area contributed by atoms with Crippen molar-refractivity contribution in [2.24, 2.45) is 4.99 Å². The van der Waals surface area contributed by atoms with Gasteiger partial charge in [0.2, 0.25) is 0 Å². The van der Waals surface area contributed by atoms with Gasteiger partial charge in [0.1, 0.15) is 5.82 Å². The molecular formula is C13H14ClFN2S. The van der Waals surface area contributed by atoms with E-state index in [1.165, 1.54) is 37.8 Å². The second-order valence-electron chi connectivity index (χ2n) is 4.89. The summed E-state index contributed by atoms with van der Waals surface area (Å²) in [7, 11) is 0. The lowest BCUT2D eigenvalue weighted by Gasteiger charge is -2.16. The average molecular weight is 285 g/mol. The molecule has 0 saturated heterocycles. The van der Waals surface area contributed by atoms with Crippen molar-refractivity contribution < 1.29 is 4.39 Å². The Labute approximate surface area is 115 Å². The summed E-state index contributed by atoms with van der Waals surface area (Å²) in [5.74, 6) is 0.729. The van der Waals surface area contributed by atoms with E-state index in [1.807, 2.05) is 0 Å². The van der Waals surface area contributed by atoms with Crippen LogP contribution in [0.25, 0.3) is 0 Å². The van der Waals surface area contributed by atoms with Crippen molar-refractivity contribution in [3.63, 3.8) is 0 Å². The molecule has 96 valence electrons. The van der Waals surface area contributed by atoms with Crippen LogP contribution >= 0.6 is 23.4 Å². The van der Waals surface area contributed by atoms with Crippen LogP contribution in [0.1, 0.15) is 25.7 Å². The molecule has 1 aromatic carbocycles. The smallest absolute Gasteiger partial charge is 0.161 e. The predicted molar refractivity (Wildman–Crippen MR) is 76.1 cm³/mol. The quantitative estimate of drug-likeness (QED) is 0.831. The predicted octanol–water partition coefficient (Wildman–Crippen LogP) is 4.31. The summed E-state index contributed by atoms with van der Waals surface area (Å²) in [5, 5.41) is 4.50. The minimum Gasteiger partial charge on any atom is -0.334 e. The molecule has 1 aromatic rings. The SMILES string of the molecule is Fc1ccc(NC2=NC3(CCCC3)CS2)c(Cl)c1. The highest BCUT2D eigenvalue weighted by molar-refractivity contribution is 8.14. The molecule has 0 radical (unpaired) electrons. The number of nitrogens with zero attached hydrogens (tertiary/aromatic N) is 1. The Bertz CT molecular complexity index is 498. The standard InChI is InChI=1S/C13H14ClFN2S/c14-10-7-9(15)3-4-11(10)16-12-17-13(8-18-12)5-1-2-6-13/h3-4,7H,1-2,5-6,8H2,(H,16,17). The first kappa shape index (κ1) is 12.3. The highest BCUT2D eigenvalue weighted by Crippen LogP contribution is 2.41. The number of hydrogen-bond donors (Lipinski definition) is 1. The summed E-state index contributed by atoms with van der Waals surface area (Å²) in [5.41, 5.74) is 0.874. The zero-order chi connectivity index (χ0) is 12.6. The number of halogens is 2. The van der Waals surface area contributed by atoms with E-state index in [0.29, 0.717) is 5.02 Å². The van der Waals surface area contributed by atoms with Gasteiger partial charge in [-0.2, -0.15) is 0 Å². The summed E-state index contributed by atoms with van der Waals surface area (Å²) < 4.78 is 13.0. The number of aliphatic imine (C=N–C) groups is 1. The van der Waals surface area contributed by atoms with E-state index < -0.39 is 0 Å². The third-order valence-corrected chi connectivity index (χ3v) is 4.98.